The van der Waals surface area contributed by atoms with Gasteiger partial charge in [0.15, 0.2) is 0 Å². The second-order valence-electron chi connectivity index (χ2n) is 4.67. The molecule has 0 saturated carbocycles. The topological polar surface area (TPSA) is 43.8 Å². The molecule has 4 heteroatoms. The summed E-state index contributed by atoms with van der Waals surface area (Å²) in [6, 6.07) is 0. The van der Waals surface area contributed by atoms with Crippen molar-refractivity contribution in [1.82, 2.24) is 9.80 Å². The summed E-state index contributed by atoms with van der Waals surface area (Å²) in [6.45, 7) is 4.49. The number of nitrogens with zero attached hydrogens (tertiary/aromatic N) is 2. The summed E-state index contributed by atoms with van der Waals surface area (Å²) in [4.78, 5) is 15.4. The number of likely N-dealkylation sites (tertiary alicyclic amines) is 1. The smallest absolute Gasteiger partial charge is 0.250 e. The van der Waals surface area contributed by atoms with E-state index < -0.39 is 6.10 Å². The van der Waals surface area contributed by atoms with Gasteiger partial charge in [-0.25, -0.2) is 0 Å². The van der Waals surface area contributed by atoms with Gasteiger partial charge in [-0.05, 0) is 39.3 Å². The zero-order chi connectivity index (χ0) is 11.4. The Morgan fingerprint density at radius 1 is 1.67 bits per heavy atom. The lowest BCUT2D eigenvalue weighted by Gasteiger charge is -2.32. The van der Waals surface area contributed by atoms with Crippen LogP contribution < -0.4 is 0 Å². The molecule has 0 aromatic rings. The molecule has 1 fully saturated rings. The average molecular weight is 214 g/mol. The van der Waals surface area contributed by atoms with Crippen LogP contribution in [0.15, 0.2) is 0 Å². The van der Waals surface area contributed by atoms with E-state index in [1.54, 1.807) is 11.9 Å². The molecule has 0 radical (unpaired) electrons. The summed E-state index contributed by atoms with van der Waals surface area (Å²) < 4.78 is 0. The lowest BCUT2D eigenvalue weighted by molar-refractivity contribution is -0.138. The predicted molar refractivity (Wildman–Crippen MR) is 59.5 cm³/mol. The Kier molecular flexibility index (Phi) is 4.54. The molecule has 2 atom stereocenters. The maximum Gasteiger partial charge on any atom is 0.250 e. The summed E-state index contributed by atoms with van der Waals surface area (Å²) in [5, 5.41) is 9.17. The molecule has 1 saturated heterocycles. The van der Waals surface area contributed by atoms with E-state index in [9.17, 15) is 9.90 Å². The number of carbonyl (C=O) groups is 1. The standard InChI is InChI=1S/C11H22N2O2/c1-9(14)11(15)13(3)8-10-5-4-6-12(2)7-10/h9-10,14H,4-8H2,1-3H3. The molecule has 0 aromatic carbocycles. The molecular formula is C11H22N2O2. The van der Waals surface area contributed by atoms with Crippen LogP contribution in [0.4, 0.5) is 0 Å². The quantitative estimate of drug-likeness (QED) is 0.728. The normalized spacial score (nSPS) is 24.9. The van der Waals surface area contributed by atoms with E-state index in [0.29, 0.717) is 5.92 Å². The molecule has 0 bridgehead atoms. The second-order valence-corrected chi connectivity index (χ2v) is 4.67. The molecule has 1 N–H and O–H groups in total. The Balaban J connectivity index is 2.36. The summed E-state index contributed by atoms with van der Waals surface area (Å²) in [6.07, 6.45) is 1.51. The van der Waals surface area contributed by atoms with Crippen LogP contribution in [0.1, 0.15) is 19.8 Å². The van der Waals surface area contributed by atoms with Gasteiger partial charge in [0.1, 0.15) is 6.10 Å². The molecular weight excluding hydrogens is 192 g/mol. The summed E-state index contributed by atoms with van der Waals surface area (Å²) in [5.41, 5.74) is 0. The largest absolute Gasteiger partial charge is 0.384 e. The van der Waals surface area contributed by atoms with E-state index in [2.05, 4.69) is 11.9 Å². The fourth-order valence-corrected chi connectivity index (χ4v) is 2.22. The molecule has 1 aliphatic rings. The average Bonchev–Trinajstić information content (AvgIpc) is 2.16. The van der Waals surface area contributed by atoms with Gasteiger partial charge in [0, 0.05) is 20.1 Å². The van der Waals surface area contributed by atoms with E-state index in [0.717, 1.165) is 19.6 Å². The molecule has 4 nitrogen and oxygen atoms in total. The lowest BCUT2D eigenvalue weighted by atomic mass is 9.98. The van der Waals surface area contributed by atoms with E-state index in [1.165, 1.54) is 19.8 Å². The van der Waals surface area contributed by atoms with Gasteiger partial charge in [-0.3, -0.25) is 4.79 Å². The van der Waals surface area contributed by atoms with Crippen LogP contribution in [0.3, 0.4) is 0 Å². The minimum Gasteiger partial charge on any atom is -0.384 e. The summed E-state index contributed by atoms with van der Waals surface area (Å²) >= 11 is 0. The van der Waals surface area contributed by atoms with Crippen LogP contribution in [0.25, 0.3) is 0 Å². The fourth-order valence-electron chi connectivity index (χ4n) is 2.22. The minimum atomic E-state index is -0.878. The fraction of sp³-hybridized carbons (Fsp3) is 0.909. The Morgan fingerprint density at radius 3 is 2.87 bits per heavy atom. The van der Waals surface area contributed by atoms with Crippen molar-refractivity contribution in [3.8, 4) is 0 Å². The molecule has 1 amide bonds. The van der Waals surface area contributed by atoms with Crippen molar-refractivity contribution in [1.29, 1.82) is 0 Å². The molecule has 0 spiro atoms. The highest BCUT2D eigenvalue weighted by Gasteiger charge is 2.22. The predicted octanol–water partition coefficient (Wildman–Crippen LogP) is 0.167. The van der Waals surface area contributed by atoms with Crippen LogP contribution in [0.2, 0.25) is 0 Å². The number of rotatable bonds is 3. The number of aliphatic hydroxyl groups excluding tert-OH is 1. The van der Waals surface area contributed by atoms with Crippen molar-refractivity contribution in [3.63, 3.8) is 0 Å². The first-order chi connectivity index (χ1) is 7.00. The maximum atomic E-state index is 11.5. The number of aliphatic hydroxyl groups is 1. The van der Waals surface area contributed by atoms with E-state index >= 15 is 0 Å². The first kappa shape index (κ1) is 12.5. The number of piperidine rings is 1. The van der Waals surface area contributed by atoms with E-state index in [4.69, 9.17) is 0 Å². The molecule has 1 rings (SSSR count). The Morgan fingerprint density at radius 2 is 2.33 bits per heavy atom. The minimum absolute atomic E-state index is 0.178. The number of amides is 1. The summed E-state index contributed by atoms with van der Waals surface area (Å²) in [7, 11) is 3.88. The van der Waals surface area contributed by atoms with E-state index in [-0.39, 0.29) is 5.91 Å². The first-order valence-corrected chi connectivity index (χ1v) is 5.62. The number of hydrogen-bond acceptors (Lipinski definition) is 3. The molecule has 1 aliphatic heterocycles. The van der Waals surface area contributed by atoms with Gasteiger partial charge in [0.25, 0.3) is 5.91 Å². The van der Waals surface area contributed by atoms with Crippen molar-refractivity contribution in [2.75, 3.05) is 33.7 Å². The number of hydrogen-bond donors (Lipinski definition) is 1. The van der Waals surface area contributed by atoms with Crippen LogP contribution in [0.5, 0.6) is 0 Å². The molecule has 88 valence electrons. The molecule has 1 heterocycles. The lowest BCUT2D eigenvalue weighted by Crippen LogP contribution is -2.42. The van der Waals surface area contributed by atoms with Crippen molar-refractivity contribution in [3.05, 3.63) is 0 Å². The van der Waals surface area contributed by atoms with E-state index in [1.807, 2.05) is 0 Å². The molecule has 2 unspecified atom stereocenters. The molecule has 0 aromatic heterocycles. The van der Waals surface area contributed by atoms with Crippen molar-refractivity contribution in [2.45, 2.75) is 25.9 Å². The highest BCUT2D eigenvalue weighted by Crippen LogP contribution is 2.16. The molecule has 15 heavy (non-hydrogen) atoms. The first-order valence-electron chi connectivity index (χ1n) is 5.62. The third-order valence-corrected chi connectivity index (χ3v) is 2.99. The van der Waals surface area contributed by atoms with Gasteiger partial charge in [0.05, 0.1) is 0 Å². The SMILES string of the molecule is CC(O)C(=O)N(C)CC1CCCN(C)C1. The Bertz CT molecular complexity index is 219. The molecule has 0 aliphatic carbocycles. The van der Waals surface area contributed by atoms with Crippen molar-refractivity contribution < 1.29 is 9.90 Å². The van der Waals surface area contributed by atoms with Gasteiger partial charge < -0.3 is 14.9 Å². The van der Waals surface area contributed by atoms with Crippen LogP contribution in [0, 0.1) is 5.92 Å². The van der Waals surface area contributed by atoms with Crippen molar-refractivity contribution in [2.24, 2.45) is 5.92 Å². The monoisotopic (exact) mass is 214 g/mol. The Hall–Kier alpha value is -0.610. The Labute approximate surface area is 91.9 Å². The highest BCUT2D eigenvalue weighted by atomic mass is 16.3. The zero-order valence-electron chi connectivity index (χ0n) is 9.94. The van der Waals surface area contributed by atoms with Gasteiger partial charge in [-0.1, -0.05) is 0 Å². The van der Waals surface area contributed by atoms with Gasteiger partial charge in [-0.2, -0.15) is 0 Å². The highest BCUT2D eigenvalue weighted by molar-refractivity contribution is 5.79. The van der Waals surface area contributed by atoms with Gasteiger partial charge in [-0.15, -0.1) is 0 Å². The van der Waals surface area contributed by atoms with Gasteiger partial charge >= 0.3 is 0 Å². The second kappa shape index (κ2) is 5.47. The van der Waals surface area contributed by atoms with Crippen molar-refractivity contribution >= 4 is 5.91 Å². The maximum absolute atomic E-state index is 11.5. The number of carbonyl (C=O) groups excluding carboxylic acids is 1. The van der Waals surface area contributed by atoms with Crippen LogP contribution in [-0.4, -0.2) is 60.6 Å². The van der Waals surface area contributed by atoms with Crippen LogP contribution in [-0.2, 0) is 4.79 Å². The third-order valence-electron chi connectivity index (χ3n) is 2.99. The zero-order valence-corrected chi connectivity index (χ0v) is 9.94. The van der Waals surface area contributed by atoms with Gasteiger partial charge in [0.2, 0.25) is 0 Å². The number of likely N-dealkylation sites (N-methyl/N-ethyl adjacent to an activating group) is 1. The summed E-state index contributed by atoms with van der Waals surface area (Å²) in [5.74, 6) is 0.375. The van der Waals surface area contributed by atoms with Crippen LogP contribution >= 0.6 is 0 Å². The third kappa shape index (κ3) is 3.80.